The van der Waals surface area contributed by atoms with Crippen LogP contribution in [0.1, 0.15) is 5.69 Å². The van der Waals surface area contributed by atoms with Crippen molar-refractivity contribution in [1.82, 2.24) is 14.7 Å². The number of ether oxygens (including phenoxy) is 1. The van der Waals surface area contributed by atoms with E-state index in [1.807, 2.05) is 0 Å². The van der Waals surface area contributed by atoms with E-state index in [1.165, 1.54) is 12.3 Å². The molecule has 0 radical (unpaired) electrons. The van der Waals surface area contributed by atoms with Crippen molar-refractivity contribution in [2.75, 3.05) is 6.61 Å². The number of nitrogens with one attached hydrogen (secondary N) is 1. The van der Waals surface area contributed by atoms with Crippen molar-refractivity contribution in [3.05, 3.63) is 65.3 Å². The van der Waals surface area contributed by atoms with Crippen LogP contribution in [0.4, 0.5) is 4.39 Å². The van der Waals surface area contributed by atoms with Gasteiger partial charge < -0.3 is 14.5 Å². The number of hydrogen-bond acceptors (Lipinski definition) is 3. The molecule has 0 atom stereocenters. The van der Waals surface area contributed by atoms with E-state index >= 15 is 0 Å². The van der Waals surface area contributed by atoms with Crippen molar-refractivity contribution < 1.29 is 13.9 Å². The Morgan fingerprint density at radius 3 is 2.78 bits per heavy atom. The summed E-state index contributed by atoms with van der Waals surface area (Å²) in [4.78, 5) is 16.0. The Morgan fingerprint density at radius 2 is 2.00 bits per heavy atom. The van der Waals surface area contributed by atoms with E-state index in [9.17, 15) is 9.18 Å². The van der Waals surface area contributed by atoms with Gasteiger partial charge in [-0.25, -0.2) is 9.37 Å². The molecule has 0 saturated carbocycles. The number of imidazole rings is 1. The van der Waals surface area contributed by atoms with E-state index in [4.69, 9.17) is 16.3 Å². The van der Waals surface area contributed by atoms with Gasteiger partial charge in [0.15, 0.2) is 6.61 Å². The summed E-state index contributed by atoms with van der Waals surface area (Å²) >= 11 is 5.77. The highest BCUT2D eigenvalue weighted by molar-refractivity contribution is 6.30. The number of nitrogens with zero attached hydrogens (tertiary/aromatic N) is 2. The molecular weight excluding hydrogens is 321 g/mol. The molecule has 3 rings (SSSR count). The summed E-state index contributed by atoms with van der Waals surface area (Å²) in [5.41, 5.74) is 1.25. The minimum atomic E-state index is -0.346. The summed E-state index contributed by atoms with van der Waals surface area (Å²) in [6.45, 7) is 0.135. The van der Waals surface area contributed by atoms with Gasteiger partial charge in [-0.3, -0.25) is 4.79 Å². The zero-order valence-electron chi connectivity index (χ0n) is 12.0. The minimum Gasteiger partial charge on any atom is -0.484 e. The first-order valence-corrected chi connectivity index (χ1v) is 7.26. The second kappa shape index (κ2) is 6.66. The molecule has 0 saturated heterocycles. The quantitative estimate of drug-likeness (QED) is 0.781. The van der Waals surface area contributed by atoms with Gasteiger partial charge in [-0.05, 0) is 36.4 Å². The van der Waals surface area contributed by atoms with E-state index in [0.29, 0.717) is 22.1 Å². The fourth-order valence-corrected chi connectivity index (χ4v) is 2.15. The van der Waals surface area contributed by atoms with Crippen LogP contribution in [0.2, 0.25) is 5.02 Å². The van der Waals surface area contributed by atoms with Gasteiger partial charge in [0.05, 0.1) is 12.2 Å². The van der Waals surface area contributed by atoms with Gasteiger partial charge in [0.2, 0.25) is 0 Å². The number of aromatic nitrogens is 2. The van der Waals surface area contributed by atoms with Gasteiger partial charge in [0.1, 0.15) is 17.2 Å². The predicted molar refractivity (Wildman–Crippen MR) is 83.9 cm³/mol. The standard InChI is InChI=1S/C16H13ClFN3O2/c17-11-1-4-14(5-2-11)23-10-16(22)19-7-13-9-21-8-12(18)3-6-15(21)20-13/h1-6,8-9H,7,10H2,(H,19,22). The Kier molecular flexibility index (Phi) is 4.43. The molecule has 0 aliphatic heterocycles. The maximum absolute atomic E-state index is 13.1. The highest BCUT2D eigenvalue weighted by Gasteiger charge is 2.06. The Morgan fingerprint density at radius 1 is 1.22 bits per heavy atom. The molecule has 7 heteroatoms. The Hall–Kier alpha value is -2.60. The van der Waals surface area contributed by atoms with Gasteiger partial charge in [0, 0.05) is 17.4 Å². The topological polar surface area (TPSA) is 55.6 Å². The number of carbonyl (C=O) groups excluding carboxylic acids is 1. The average molecular weight is 334 g/mol. The molecule has 2 heterocycles. The number of hydrogen-bond donors (Lipinski definition) is 1. The maximum Gasteiger partial charge on any atom is 0.258 e. The van der Waals surface area contributed by atoms with Crippen molar-refractivity contribution in [2.24, 2.45) is 0 Å². The lowest BCUT2D eigenvalue weighted by Gasteiger charge is -2.06. The van der Waals surface area contributed by atoms with Crippen molar-refractivity contribution in [3.63, 3.8) is 0 Å². The molecule has 0 fully saturated rings. The first-order chi connectivity index (χ1) is 11.1. The number of rotatable bonds is 5. The first-order valence-electron chi connectivity index (χ1n) is 6.88. The monoisotopic (exact) mass is 333 g/mol. The lowest BCUT2D eigenvalue weighted by molar-refractivity contribution is -0.123. The molecule has 3 aromatic rings. The third kappa shape index (κ3) is 3.98. The van der Waals surface area contributed by atoms with Crippen molar-refractivity contribution in [3.8, 4) is 5.75 Å². The van der Waals surface area contributed by atoms with E-state index in [0.717, 1.165) is 0 Å². The number of pyridine rings is 1. The van der Waals surface area contributed by atoms with Crippen LogP contribution in [0, 0.1) is 5.82 Å². The summed E-state index contributed by atoms with van der Waals surface area (Å²) in [7, 11) is 0. The average Bonchev–Trinajstić information content (AvgIpc) is 2.94. The van der Waals surface area contributed by atoms with E-state index in [1.54, 1.807) is 40.9 Å². The largest absolute Gasteiger partial charge is 0.484 e. The van der Waals surface area contributed by atoms with E-state index in [2.05, 4.69) is 10.3 Å². The Labute approximate surface area is 136 Å². The fourth-order valence-electron chi connectivity index (χ4n) is 2.02. The van der Waals surface area contributed by atoms with Crippen molar-refractivity contribution in [1.29, 1.82) is 0 Å². The number of carbonyl (C=O) groups is 1. The van der Waals surface area contributed by atoms with Crippen LogP contribution in [-0.2, 0) is 11.3 Å². The fraction of sp³-hybridized carbons (Fsp3) is 0.125. The molecular formula is C16H13ClFN3O2. The van der Waals surface area contributed by atoms with Crippen LogP contribution in [0.5, 0.6) is 5.75 Å². The van der Waals surface area contributed by atoms with Gasteiger partial charge in [-0.15, -0.1) is 0 Å². The molecule has 2 aromatic heterocycles. The molecule has 1 amide bonds. The molecule has 0 spiro atoms. The van der Waals surface area contributed by atoms with Crippen LogP contribution in [-0.4, -0.2) is 21.9 Å². The number of benzene rings is 1. The molecule has 118 valence electrons. The van der Waals surface area contributed by atoms with Crippen LogP contribution in [0.15, 0.2) is 48.8 Å². The van der Waals surface area contributed by atoms with Crippen molar-refractivity contribution >= 4 is 23.2 Å². The minimum absolute atomic E-state index is 0.108. The zero-order chi connectivity index (χ0) is 16.2. The second-order valence-corrected chi connectivity index (χ2v) is 5.30. The van der Waals surface area contributed by atoms with E-state index in [-0.39, 0.29) is 24.9 Å². The summed E-state index contributed by atoms with van der Waals surface area (Å²) in [5.74, 6) is -0.0576. The predicted octanol–water partition coefficient (Wildman–Crippen LogP) is 2.82. The molecule has 0 aliphatic carbocycles. The highest BCUT2D eigenvalue weighted by Crippen LogP contribution is 2.15. The number of amides is 1. The van der Waals surface area contributed by atoms with Crippen LogP contribution >= 0.6 is 11.6 Å². The highest BCUT2D eigenvalue weighted by atomic mass is 35.5. The summed E-state index contributed by atoms with van der Waals surface area (Å²) in [6, 6.07) is 9.66. The summed E-state index contributed by atoms with van der Waals surface area (Å²) < 4.78 is 20.0. The molecule has 0 bridgehead atoms. The van der Waals surface area contributed by atoms with E-state index < -0.39 is 0 Å². The Balaban J connectivity index is 1.52. The summed E-state index contributed by atoms with van der Waals surface area (Å²) in [5, 5.41) is 3.30. The lowest BCUT2D eigenvalue weighted by atomic mass is 10.3. The van der Waals surface area contributed by atoms with Crippen LogP contribution in [0.25, 0.3) is 5.65 Å². The van der Waals surface area contributed by atoms with Gasteiger partial charge in [0.25, 0.3) is 5.91 Å². The van der Waals surface area contributed by atoms with Crippen LogP contribution in [0.3, 0.4) is 0 Å². The number of fused-ring (bicyclic) bond motifs is 1. The second-order valence-electron chi connectivity index (χ2n) is 4.86. The SMILES string of the molecule is O=C(COc1ccc(Cl)cc1)NCc1cn2cc(F)ccc2n1. The van der Waals surface area contributed by atoms with Gasteiger partial charge in [-0.2, -0.15) is 0 Å². The van der Waals surface area contributed by atoms with Gasteiger partial charge >= 0.3 is 0 Å². The molecule has 5 nitrogen and oxygen atoms in total. The molecule has 1 N–H and O–H groups in total. The first kappa shape index (κ1) is 15.3. The summed E-state index contributed by atoms with van der Waals surface area (Å²) in [6.07, 6.45) is 3.00. The lowest BCUT2D eigenvalue weighted by Crippen LogP contribution is -2.28. The molecule has 1 aromatic carbocycles. The van der Waals surface area contributed by atoms with Gasteiger partial charge in [-0.1, -0.05) is 11.6 Å². The zero-order valence-corrected chi connectivity index (χ0v) is 12.8. The third-order valence-corrected chi connectivity index (χ3v) is 3.37. The third-order valence-electron chi connectivity index (χ3n) is 3.12. The van der Waals surface area contributed by atoms with Crippen molar-refractivity contribution in [2.45, 2.75) is 6.54 Å². The molecule has 0 aliphatic rings. The normalized spacial score (nSPS) is 10.7. The Bertz CT molecular complexity index is 833. The number of halogens is 2. The molecule has 23 heavy (non-hydrogen) atoms. The van der Waals surface area contributed by atoms with Crippen LogP contribution < -0.4 is 10.1 Å². The maximum atomic E-state index is 13.1. The molecule has 0 unspecified atom stereocenters. The smallest absolute Gasteiger partial charge is 0.258 e.